The van der Waals surface area contributed by atoms with E-state index in [1.54, 1.807) is 11.3 Å². The van der Waals surface area contributed by atoms with Gasteiger partial charge in [0, 0.05) is 17.6 Å². The number of amides is 2. The third-order valence-electron chi connectivity index (χ3n) is 2.17. The maximum Gasteiger partial charge on any atom is 0.315 e. The van der Waals surface area contributed by atoms with Gasteiger partial charge in [-0.1, -0.05) is 20.3 Å². The minimum atomic E-state index is -0.110. The highest BCUT2D eigenvalue weighted by atomic mass is 32.1. The Bertz CT molecular complexity index is 325. The van der Waals surface area contributed by atoms with Crippen molar-refractivity contribution in [3.05, 3.63) is 16.1 Å². The lowest BCUT2D eigenvalue weighted by molar-refractivity contribution is 0.240. The number of carbonyl (C=O) groups is 1. The summed E-state index contributed by atoms with van der Waals surface area (Å²) in [6.07, 6.45) is 4.98. The molecule has 0 atom stereocenters. The topological polar surface area (TPSA) is 54.0 Å². The Morgan fingerprint density at radius 3 is 2.88 bits per heavy atom. The van der Waals surface area contributed by atoms with Crippen LogP contribution in [-0.2, 0) is 13.0 Å². The van der Waals surface area contributed by atoms with Gasteiger partial charge in [-0.15, -0.1) is 11.3 Å². The SMILES string of the molecule is CCCCNC(=O)NCc1ncc(CC)s1. The second-order valence-corrected chi connectivity index (χ2v) is 4.74. The van der Waals surface area contributed by atoms with E-state index in [0.29, 0.717) is 6.54 Å². The molecule has 0 fully saturated rings. The van der Waals surface area contributed by atoms with Gasteiger partial charge in [-0.05, 0) is 12.8 Å². The third kappa shape index (κ3) is 4.61. The molecule has 1 aromatic heterocycles. The molecule has 1 heterocycles. The van der Waals surface area contributed by atoms with Crippen LogP contribution in [-0.4, -0.2) is 17.6 Å². The summed E-state index contributed by atoms with van der Waals surface area (Å²) in [7, 11) is 0. The van der Waals surface area contributed by atoms with Gasteiger partial charge in [-0.3, -0.25) is 0 Å². The Morgan fingerprint density at radius 1 is 1.44 bits per heavy atom. The van der Waals surface area contributed by atoms with Gasteiger partial charge in [0.15, 0.2) is 0 Å². The number of carbonyl (C=O) groups excluding carboxylic acids is 1. The number of unbranched alkanes of at least 4 members (excludes halogenated alkanes) is 1. The normalized spacial score (nSPS) is 10.1. The van der Waals surface area contributed by atoms with E-state index in [2.05, 4.69) is 29.5 Å². The van der Waals surface area contributed by atoms with E-state index in [-0.39, 0.29) is 6.03 Å². The van der Waals surface area contributed by atoms with Crippen molar-refractivity contribution in [1.29, 1.82) is 0 Å². The first-order valence-electron chi connectivity index (χ1n) is 5.71. The lowest BCUT2D eigenvalue weighted by Gasteiger charge is -2.04. The number of nitrogens with one attached hydrogen (secondary N) is 2. The van der Waals surface area contributed by atoms with Crippen LogP contribution in [0.4, 0.5) is 4.79 Å². The van der Waals surface area contributed by atoms with Crippen LogP contribution in [0.5, 0.6) is 0 Å². The molecule has 0 saturated heterocycles. The van der Waals surface area contributed by atoms with Gasteiger partial charge in [0.2, 0.25) is 0 Å². The van der Waals surface area contributed by atoms with Crippen LogP contribution in [0, 0.1) is 0 Å². The van der Waals surface area contributed by atoms with Gasteiger partial charge >= 0.3 is 6.03 Å². The molecule has 5 heteroatoms. The zero-order valence-corrected chi connectivity index (χ0v) is 10.7. The van der Waals surface area contributed by atoms with Crippen LogP contribution in [0.3, 0.4) is 0 Å². The highest BCUT2D eigenvalue weighted by Gasteiger charge is 2.03. The molecular weight excluding hydrogens is 222 g/mol. The number of nitrogens with zero attached hydrogens (tertiary/aromatic N) is 1. The molecule has 0 saturated carbocycles. The molecule has 2 N–H and O–H groups in total. The third-order valence-corrected chi connectivity index (χ3v) is 3.31. The summed E-state index contributed by atoms with van der Waals surface area (Å²) < 4.78 is 0. The van der Waals surface area contributed by atoms with Gasteiger partial charge in [0.25, 0.3) is 0 Å². The fourth-order valence-corrected chi connectivity index (χ4v) is 1.99. The fraction of sp³-hybridized carbons (Fsp3) is 0.636. The molecule has 0 aliphatic rings. The highest BCUT2D eigenvalue weighted by molar-refractivity contribution is 7.11. The maximum atomic E-state index is 11.3. The van der Waals surface area contributed by atoms with Crippen molar-refractivity contribution in [2.75, 3.05) is 6.54 Å². The Labute approximate surface area is 100 Å². The van der Waals surface area contributed by atoms with Gasteiger partial charge in [0.05, 0.1) is 6.54 Å². The van der Waals surface area contributed by atoms with E-state index in [1.807, 2.05) is 6.20 Å². The fourth-order valence-electron chi connectivity index (χ4n) is 1.19. The van der Waals surface area contributed by atoms with E-state index in [0.717, 1.165) is 30.8 Å². The molecule has 1 rings (SSSR count). The highest BCUT2D eigenvalue weighted by Crippen LogP contribution is 2.12. The molecular formula is C11H19N3OS. The van der Waals surface area contributed by atoms with Crippen molar-refractivity contribution in [3.63, 3.8) is 0 Å². The number of aromatic nitrogens is 1. The van der Waals surface area contributed by atoms with Gasteiger partial charge in [-0.2, -0.15) is 0 Å². The predicted octanol–water partition coefficient (Wildman–Crippen LogP) is 2.30. The van der Waals surface area contributed by atoms with Crippen molar-refractivity contribution < 1.29 is 4.79 Å². The molecule has 2 amide bonds. The van der Waals surface area contributed by atoms with Crippen molar-refractivity contribution >= 4 is 17.4 Å². The van der Waals surface area contributed by atoms with Gasteiger partial charge < -0.3 is 10.6 Å². The van der Waals surface area contributed by atoms with Crippen LogP contribution in [0.15, 0.2) is 6.20 Å². The Kier molecular flexibility index (Phi) is 5.85. The molecule has 0 aliphatic carbocycles. The second-order valence-electron chi connectivity index (χ2n) is 3.54. The Balaban J connectivity index is 2.20. The Morgan fingerprint density at radius 2 is 2.25 bits per heavy atom. The lowest BCUT2D eigenvalue weighted by atomic mass is 10.3. The first-order valence-corrected chi connectivity index (χ1v) is 6.53. The average molecular weight is 241 g/mol. The number of thiazole rings is 1. The summed E-state index contributed by atoms with van der Waals surface area (Å²) in [4.78, 5) is 16.8. The van der Waals surface area contributed by atoms with E-state index < -0.39 is 0 Å². The predicted molar refractivity (Wildman–Crippen MR) is 66.6 cm³/mol. The molecule has 1 aromatic rings. The molecule has 0 aliphatic heterocycles. The monoisotopic (exact) mass is 241 g/mol. The summed E-state index contributed by atoms with van der Waals surface area (Å²) >= 11 is 1.65. The summed E-state index contributed by atoms with van der Waals surface area (Å²) in [6, 6.07) is -0.110. The number of hydrogen-bond donors (Lipinski definition) is 2. The maximum absolute atomic E-state index is 11.3. The molecule has 0 bridgehead atoms. The molecule has 16 heavy (non-hydrogen) atoms. The van der Waals surface area contributed by atoms with E-state index >= 15 is 0 Å². The van der Waals surface area contributed by atoms with Crippen LogP contribution >= 0.6 is 11.3 Å². The number of aryl methyl sites for hydroxylation is 1. The van der Waals surface area contributed by atoms with E-state index in [4.69, 9.17) is 0 Å². The smallest absolute Gasteiger partial charge is 0.315 e. The number of rotatable bonds is 6. The first-order chi connectivity index (χ1) is 7.76. The number of hydrogen-bond acceptors (Lipinski definition) is 3. The molecule has 0 unspecified atom stereocenters. The molecule has 0 spiro atoms. The van der Waals surface area contributed by atoms with Crippen molar-refractivity contribution in [2.45, 2.75) is 39.7 Å². The van der Waals surface area contributed by atoms with E-state index in [1.165, 1.54) is 4.88 Å². The van der Waals surface area contributed by atoms with Crippen LogP contribution in [0.2, 0.25) is 0 Å². The van der Waals surface area contributed by atoms with Crippen LogP contribution < -0.4 is 10.6 Å². The summed E-state index contributed by atoms with van der Waals surface area (Å²) in [5.41, 5.74) is 0. The minimum absolute atomic E-state index is 0.110. The zero-order chi connectivity index (χ0) is 11.8. The number of urea groups is 1. The minimum Gasteiger partial charge on any atom is -0.338 e. The first kappa shape index (κ1) is 13.0. The lowest BCUT2D eigenvalue weighted by Crippen LogP contribution is -2.35. The molecule has 90 valence electrons. The largest absolute Gasteiger partial charge is 0.338 e. The quantitative estimate of drug-likeness (QED) is 0.751. The second kappa shape index (κ2) is 7.22. The van der Waals surface area contributed by atoms with Crippen molar-refractivity contribution in [1.82, 2.24) is 15.6 Å². The average Bonchev–Trinajstić information content (AvgIpc) is 2.74. The van der Waals surface area contributed by atoms with Crippen molar-refractivity contribution in [2.24, 2.45) is 0 Å². The zero-order valence-electron chi connectivity index (χ0n) is 9.88. The van der Waals surface area contributed by atoms with Gasteiger partial charge in [-0.25, -0.2) is 9.78 Å². The molecule has 4 nitrogen and oxygen atoms in total. The Hall–Kier alpha value is -1.10. The summed E-state index contributed by atoms with van der Waals surface area (Å²) in [5.74, 6) is 0. The van der Waals surface area contributed by atoms with Crippen LogP contribution in [0.25, 0.3) is 0 Å². The van der Waals surface area contributed by atoms with E-state index in [9.17, 15) is 4.79 Å². The summed E-state index contributed by atoms with van der Waals surface area (Å²) in [6.45, 7) is 5.45. The molecule has 0 aromatic carbocycles. The molecule has 0 radical (unpaired) electrons. The van der Waals surface area contributed by atoms with Crippen molar-refractivity contribution in [3.8, 4) is 0 Å². The van der Waals surface area contributed by atoms with Gasteiger partial charge in [0.1, 0.15) is 5.01 Å². The standard InChI is InChI=1S/C11H19N3OS/c1-3-5-6-12-11(15)14-8-10-13-7-9(4-2)16-10/h7H,3-6,8H2,1-2H3,(H2,12,14,15). The summed E-state index contributed by atoms with van der Waals surface area (Å²) in [5, 5.41) is 6.56. The van der Waals surface area contributed by atoms with Crippen LogP contribution in [0.1, 0.15) is 36.6 Å².